The largest absolute Gasteiger partial charge is 0.379 e. The number of aryl methyl sites for hydroxylation is 1. The fraction of sp³-hybridized carbons (Fsp3) is 0.231. The summed E-state index contributed by atoms with van der Waals surface area (Å²) in [5.74, 6) is 0. The first-order valence-corrected chi connectivity index (χ1v) is 13.7. The van der Waals surface area contributed by atoms with Crippen LogP contribution in [-0.4, -0.2) is 48.6 Å². The Hall–Kier alpha value is -3.11. The van der Waals surface area contributed by atoms with Crippen LogP contribution in [0.15, 0.2) is 88.3 Å². The molecule has 0 unspecified atom stereocenters. The van der Waals surface area contributed by atoms with Crippen LogP contribution < -0.4 is 4.80 Å². The Kier molecular flexibility index (Phi) is 6.92. The molecule has 9 heteroatoms. The van der Waals surface area contributed by atoms with Crippen LogP contribution in [0.5, 0.6) is 0 Å². The van der Waals surface area contributed by atoms with E-state index in [1.165, 1.54) is 9.87 Å². The summed E-state index contributed by atoms with van der Waals surface area (Å²) in [4.78, 5) is 10.3. The summed E-state index contributed by atoms with van der Waals surface area (Å²) >= 11 is 1.56. The van der Waals surface area contributed by atoms with E-state index in [9.17, 15) is 8.42 Å². The first-order valence-electron chi connectivity index (χ1n) is 11.4. The van der Waals surface area contributed by atoms with Crippen molar-refractivity contribution in [1.82, 2.24) is 13.9 Å². The number of aromatic nitrogens is 2. The summed E-state index contributed by atoms with van der Waals surface area (Å²) in [6.45, 7) is 4.26. The van der Waals surface area contributed by atoms with Crippen molar-refractivity contribution in [3.63, 3.8) is 0 Å². The van der Waals surface area contributed by atoms with Gasteiger partial charge in [0.05, 0.1) is 36.0 Å². The molecule has 5 rings (SSSR count). The standard InChI is InChI=1S/C26H26N4O3S2/c1-20-4-8-23(9-5-20)28-26-30(18-21-3-2-12-27-17-21)25(19-34-26)22-6-10-24(11-7-22)35(31,32)29-13-15-33-16-14-29/h2-12,17,19H,13-16,18H2,1H3. The van der Waals surface area contributed by atoms with Crippen LogP contribution in [0.3, 0.4) is 0 Å². The van der Waals surface area contributed by atoms with Gasteiger partial charge in [0.2, 0.25) is 10.0 Å². The van der Waals surface area contributed by atoms with E-state index < -0.39 is 10.0 Å². The maximum Gasteiger partial charge on any atom is 0.243 e. The molecule has 1 saturated heterocycles. The molecule has 0 saturated carbocycles. The average molecular weight is 507 g/mol. The van der Waals surface area contributed by atoms with Gasteiger partial charge in [-0.2, -0.15) is 4.31 Å². The van der Waals surface area contributed by atoms with E-state index in [1.807, 2.05) is 54.7 Å². The fourth-order valence-corrected chi connectivity index (χ4v) is 6.28. The summed E-state index contributed by atoms with van der Waals surface area (Å²) < 4.78 is 35.0. The molecule has 1 aliphatic rings. The highest BCUT2D eigenvalue weighted by atomic mass is 32.2. The van der Waals surface area contributed by atoms with Gasteiger partial charge in [-0.1, -0.05) is 35.9 Å². The molecule has 35 heavy (non-hydrogen) atoms. The van der Waals surface area contributed by atoms with E-state index in [0.717, 1.165) is 27.3 Å². The van der Waals surface area contributed by atoms with E-state index in [0.29, 0.717) is 37.7 Å². The predicted molar refractivity (Wildman–Crippen MR) is 137 cm³/mol. The molecule has 3 heterocycles. The molecule has 4 aromatic rings. The van der Waals surface area contributed by atoms with Gasteiger partial charge in [0.15, 0.2) is 4.80 Å². The van der Waals surface area contributed by atoms with Crippen molar-refractivity contribution in [3.8, 4) is 11.3 Å². The molecular weight excluding hydrogens is 480 g/mol. The van der Waals surface area contributed by atoms with Gasteiger partial charge in [0, 0.05) is 30.9 Å². The number of ether oxygens (including phenoxy) is 1. The third-order valence-electron chi connectivity index (χ3n) is 5.88. The van der Waals surface area contributed by atoms with Crippen LogP contribution in [0, 0.1) is 6.92 Å². The Morgan fingerprint density at radius 1 is 1.03 bits per heavy atom. The Morgan fingerprint density at radius 2 is 1.77 bits per heavy atom. The molecule has 0 amide bonds. The first-order chi connectivity index (χ1) is 17.0. The van der Waals surface area contributed by atoms with Crippen LogP contribution in [0.25, 0.3) is 11.3 Å². The molecule has 7 nitrogen and oxygen atoms in total. The summed E-state index contributed by atoms with van der Waals surface area (Å²) in [6.07, 6.45) is 3.61. The maximum absolute atomic E-state index is 13.0. The molecule has 0 aliphatic carbocycles. The van der Waals surface area contributed by atoms with Crippen molar-refractivity contribution in [2.24, 2.45) is 4.99 Å². The van der Waals surface area contributed by atoms with Gasteiger partial charge in [-0.25, -0.2) is 13.4 Å². The van der Waals surface area contributed by atoms with Gasteiger partial charge in [-0.05, 0) is 48.4 Å². The minimum atomic E-state index is -3.54. The third-order valence-corrected chi connectivity index (χ3v) is 8.65. The van der Waals surface area contributed by atoms with E-state index in [4.69, 9.17) is 9.73 Å². The topological polar surface area (TPSA) is 76.8 Å². The van der Waals surface area contributed by atoms with Crippen molar-refractivity contribution in [3.05, 3.63) is 94.4 Å². The zero-order valence-electron chi connectivity index (χ0n) is 19.4. The number of benzene rings is 2. The molecule has 2 aromatic heterocycles. The highest BCUT2D eigenvalue weighted by molar-refractivity contribution is 7.89. The maximum atomic E-state index is 13.0. The van der Waals surface area contributed by atoms with E-state index >= 15 is 0 Å². The Bertz CT molecular complexity index is 1450. The lowest BCUT2D eigenvalue weighted by atomic mass is 10.1. The lowest BCUT2D eigenvalue weighted by Gasteiger charge is -2.26. The Morgan fingerprint density at radius 3 is 2.46 bits per heavy atom. The zero-order valence-corrected chi connectivity index (χ0v) is 21.0. The van der Waals surface area contributed by atoms with Crippen LogP contribution in [0.4, 0.5) is 5.69 Å². The summed E-state index contributed by atoms with van der Waals surface area (Å²) in [5.41, 5.74) is 5.03. The number of hydrogen-bond acceptors (Lipinski definition) is 6. The van der Waals surface area contributed by atoms with Gasteiger partial charge in [-0.3, -0.25) is 4.98 Å². The number of thiazole rings is 1. The highest BCUT2D eigenvalue weighted by Crippen LogP contribution is 2.25. The van der Waals surface area contributed by atoms with E-state index in [-0.39, 0.29) is 0 Å². The number of hydrogen-bond donors (Lipinski definition) is 0. The number of pyridine rings is 1. The monoisotopic (exact) mass is 506 g/mol. The number of sulfonamides is 1. The molecule has 0 radical (unpaired) electrons. The van der Waals surface area contributed by atoms with Gasteiger partial charge < -0.3 is 9.30 Å². The fourth-order valence-electron chi connectivity index (χ4n) is 3.94. The summed E-state index contributed by atoms with van der Waals surface area (Å²) in [5, 5.41) is 2.06. The second kappa shape index (κ2) is 10.2. The van der Waals surface area contributed by atoms with Crippen LogP contribution in [0.2, 0.25) is 0 Å². The number of rotatable bonds is 6. The van der Waals surface area contributed by atoms with E-state index in [2.05, 4.69) is 21.9 Å². The zero-order chi connectivity index (χ0) is 24.3. The van der Waals surface area contributed by atoms with Crippen molar-refractivity contribution in [2.45, 2.75) is 18.4 Å². The summed E-state index contributed by atoms with van der Waals surface area (Å²) in [7, 11) is -3.54. The van der Waals surface area contributed by atoms with Crippen molar-refractivity contribution >= 4 is 27.0 Å². The van der Waals surface area contributed by atoms with Crippen molar-refractivity contribution < 1.29 is 13.2 Å². The lowest BCUT2D eigenvalue weighted by molar-refractivity contribution is 0.0730. The Balaban J connectivity index is 1.52. The van der Waals surface area contributed by atoms with Gasteiger partial charge in [0.1, 0.15) is 0 Å². The minimum absolute atomic E-state index is 0.293. The Labute approximate surface area is 209 Å². The van der Waals surface area contributed by atoms with Gasteiger partial charge in [-0.15, -0.1) is 11.3 Å². The summed E-state index contributed by atoms with van der Waals surface area (Å²) in [6, 6.07) is 19.2. The third kappa shape index (κ3) is 5.28. The van der Waals surface area contributed by atoms with E-state index in [1.54, 1.807) is 29.7 Å². The smallest absolute Gasteiger partial charge is 0.243 e. The quantitative estimate of drug-likeness (QED) is 0.392. The van der Waals surface area contributed by atoms with Crippen LogP contribution in [0.1, 0.15) is 11.1 Å². The minimum Gasteiger partial charge on any atom is -0.379 e. The molecular formula is C26H26N4O3S2. The molecule has 180 valence electrons. The van der Waals surface area contributed by atoms with Gasteiger partial charge >= 0.3 is 0 Å². The highest BCUT2D eigenvalue weighted by Gasteiger charge is 2.26. The molecule has 0 N–H and O–H groups in total. The predicted octanol–water partition coefficient (Wildman–Crippen LogP) is 4.22. The van der Waals surface area contributed by atoms with Crippen molar-refractivity contribution in [2.75, 3.05) is 26.3 Å². The normalized spacial score (nSPS) is 15.4. The van der Waals surface area contributed by atoms with Crippen molar-refractivity contribution in [1.29, 1.82) is 0 Å². The first kappa shape index (κ1) is 23.6. The second-order valence-electron chi connectivity index (χ2n) is 8.34. The molecule has 1 fully saturated rings. The second-order valence-corrected chi connectivity index (χ2v) is 11.1. The molecule has 2 aromatic carbocycles. The SMILES string of the molecule is Cc1ccc(N=c2scc(-c3ccc(S(=O)(=O)N4CCOCC4)cc3)n2Cc2cccnc2)cc1. The molecule has 1 aliphatic heterocycles. The van der Waals surface area contributed by atoms with Gasteiger partial charge in [0.25, 0.3) is 0 Å². The lowest BCUT2D eigenvalue weighted by Crippen LogP contribution is -2.40. The molecule has 0 bridgehead atoms. The molecule has 0 atom stereocenters. The number of morpholine rings is 1. The average Bonchev–Trinajstić information content (AvgIpc) is 3.28. The number of nitrogens with zero attached hydrogens (tertiary/aromatic N) is 4. The van der Waals surface area contributed by atoms with Crippen LogP contribution >= 0.6 is 11.3 Å². The van der Waals surface area contributed by atoms with Crippen LogP contribution in [-0.2, 0) is 21.3 Å². The molecule has 0 spiro atoms.